The molecular weight excluding hydrogens is 616 g/mol. The predicted molar refractivity (Wildman–Crippen MR) is 157 cm³/mol. The van der Waals surface area contributed by atoms with Gasteiger partial charge >= 0.3 is 20.4 Å². The molecule has 220 valence electrons. The van der Waals surface area contributed by atoms with Gasteiger partial charge in [-0.25, -0.2) is 0 Å². The fourth-order valence-corrected chi connectivity index (χ4v) is 5.81. The molecule has 0 amide bonds. The zero-order valence-electron chi connectivity index (χ0n) is 23.5. The summed E-state index contributed by atoms with van der Waals surface area (Å²) in [7, 11) is 0. The normalized spacial score (nSPS) is 12.6. The van der Waals surface area contributed by atoms with Gasteiger partial charge in [0.2, 0.25) is 0 Å². The van der Waals surface area contributed by atoms with Gasteiger partial charge in [-0.15, -0.1) is 0 Å². The van der Waals surface area contributed by atoms with Gasteiger partial charge in [-0.1, -0.05) is 63.0 Å². The number of hydrogen-bond acceptors (Lipinski definition) is 10. The van der Waals surface area contributed by atoms with Crippen LogP contribution in [0.4, 0.5) is 11.4 Å². The lowest BCUT2D eigenvalue weighted by atomic mass is 9.79. The van der Waals surface area contributed by atoms with E-state index in [9.17, 15) is 50.6 Å². The van der Waals surface area contributed by atoms with Crippen molar-refractivity contribution in [2.45, 2.75) is 40.5 Å². The van der Waals surface area contributed by atoms with Gasteiger partial charge in [-0.3, -0.25) is 29.8 Å². The highest BCUT2D eigenvalue weighted by Gasteiger charge is 2.37. The predicted octanol–water partition coefficient (Wildman–Crippen LogP) is 6.08. The first-order valence-corrected chi connectivity index (χ1v) is 14.6. The number of carbonyl (C=O) groups excluding carboxylic acids is 2. The number of allylic oxidation sites excluding steroid dienone is 2. The molecule has 0 aliphatic rings. The van der Waals surface area contributed by atoms with Crippen LogP contribution in [0.2, 0.25) is 10.0 Å². The molecule has 0 aliphatic heterocycles. The molecule has 12 nitrogen and oxygen atoms in total. The van der Waals surface area contributed by atoms with Crippen LogP contribution in [0.15, 0.2) is 55.3 Å². The number of nitriles is 2. The van der Waals surface area contributed by atoms with Crippen LogP contribution in [-0.2, 0) is 22.4 Å². The zero-order chi connectivity index (χ0) is 32.9. The molecule has 15 heteroatoms. The lowest BCUT2D eigenvalue weighted by Crippen LogP contribution is -2.31. The number of Topliss-reactive ketones (excluding diaryl/α,β-unsaturated/α-hetero) is 2. The van der Waals surface area contributed by atoms with Crippen LogP contribution in [0.5, 0.6) is 0 Å². The Kier molecular flexibility index (Phi) is 11.4. The Hall–Kier alpha value is -4.01. The third kappa shape index (κ3) is 8.52. The summed E-state index contributed by atoms with van der Waals surface area (Å²) in [5.41, 5.74) is -4.67. The average molecular weight is 640 g/mol. The van der Waals surface area contributed by atoms with E-state index in [0.29, 0.717) is 0 Å². The van der Waals surface area contributed by atoms with E-state index in [1.54, 1.807) is 12.1 Å². The Morgan fingerprint density at radius 1 is 0.791 bits per heavy atom. The molecule has 43 heavy (non-hydrogen) atoms. The number of ketones is 2. The Bertz CT molecular complexity index is 1550. The minimum atomic E-state index is -2.52. The summed E-state index contributed by atoms with van der Waals surface area (Å²) in [4.78, 5) is 48.2. The van der Waals surface area contributed by atoms with Crippen LogP contribution in [0, 0.1) is 53.7 Å². The van der Waals surface area contributed by atoms with Crippen LogP contribution in [0.25, 0.3) is 0 Å². The Morgan fingerprint density at radius 3 is 1.40 bits per heavy atom. The molecular formula is C28H24Cl2MgN4O8. The highest BCUT2D eigenvalue weighted by molar-refractivity contribution is 6.54. The van der Waals surface area contributed by atoms with E-state index in [0.717, 1.165) is 12.1 Å². The molecule has 0 saturated heterocycles. The molecule has 0 aliphatic carbocycles. The first-order valence-electron chi connectivity index (χ1n) is 12.5. The van der Waals surface area contributed by atoms with Crippen molar-refractivity contribution in [2.24, 2.45) is 10.8 Å². The number of rotatable bonds is 12. The van der Waals surface area contributed by atoms with E-state index in [-0.39, 0.29) is 45.4 Å². The van der Waals surface area contributed by atoms with Gasteiger partial charge in [-0.2, -0.15) is 10.5 Å². The largest absolute Gasteiger partial charge is 0.566 e. The third-order valence-corrected chi connectivity index (χ3v) is 8.42. The molecule has 2 N–H and O–H groups in total. The molecule has 2 aromatic carbocycles. The second kappa shape index (κ2) is 14.0. The molecule has 0 heterocycles. The van der Waals surface area contributed by atoms with Gasteiger partial charge in [0.25, 0.3) is 11.4 Å². The van der Waals surface area contributed by atoms with E-state index >= 15 is 0 Å². The summed E-state index contributed by atoms with van der Waals surface area (Å²) in [6, 6.07) is 11.0. The van der Waals surface area contributed by atoms with Gasteiger partial charge in [0.1, 0.15) is 23.3 Å². The summed E-state index contributed by atoms with van der Waals surface area (Å²) in [5.74, 6) is -1.76. The van der Waals surface area contributed by atoms with E-state index in [4.69, 9.17) is 23.2 Å². The minimum Gasteiger partial charge on any atom is -0.542 e. The summed E-state index contributed by atoms with van der Waals surface area (Å²) in [5, 5.41) is 64.0. The van der Waals surface area contributed by atoms with E-state index < -0.39 is 71.5 Å². The van der Waals surface area contributed by atoms with Crippen LogP contribution < -0.4 is 0 Å². The lowest BCUT2D eigenvalue weighted by molar-refractivity contribution is -0.385. The first kappa shape index (κ1) is 35.2. The monoisotopic (exact) mass is 638 g/mol. The van der Waals surface area contributed by atoms with Gasteiger partial charge in [0.15, 0.2) is 11.6 Å². The van der Waals surface area contributed by atoms with Crippen molar-refractivity contribution in [2.75, 3.05) is 0 Å². The van der Waals surface area contributed by atoms with Gasteiger partial charge in [-0.05, 0) is 32.8 Å². The standard InChI is InChI=1S/2C14H12ClN2O4.Mg/c2*1-14(2,13(19)10(7-16)8-18)6-9-3-4-11(15)5-12(9)17(20)21;/h2*3-5,18H,6H2,1-2H3;. The topological polar surface area (TPSA) is 208 Å². The third-order valence-electron chi connectivity index (χ3n) is 6.57. The molecule has 0 spiro atoms. The molecule has 2 aromatic rings. The fourth-order valence-electron chi connectivity index (χ4n) is 4.33. The maximum Gasteiger partial charge on any atom is 0.566 e. The molecule has 2 rings (SSSR count). The number of nitro groups is 2. The highest BCUT2D eigenvalue weighted by atomic mass is 35.5. The van der Waals surface area contributed by atoms with Gasteiger partial charge in [0.05, 0.1) is 9.85 Å². The van der Waals surface area contributed by atoms with Crippen LogP contribution >= 0.6 is 23.2 Å². The second-order valence-corrected chi connectivity index (χ2v) is 13.4. The van der Waals surface area contributed by atoms with Gasteiger partial charge < -0.3 is 10.2 Å². The van der Waals surface area contributed by atoms with E-state index in [1.807, 2.05) is 0 Å². The van der Waals surface area contributed by atoms with Crippen molar-refractivity contribution in [1.82, 2.24) is 0 Å². The van der Waals surface area contributed by atoms with Crippen molar-refractivity contribution < 1.29 is 29.6 Å². The number of carbonyl (C=O) groups is 2. The molecule has 0 fully saturated rings. The molecule has 0 aromatic heterocycles. The first-order chi connectivity index (χ1) is 19.9. The number of aliphatic hydroxyl groups is 2. The Balaban J connectivity index is 2.42. The number of hydrogen-bond donors (Lipinski definition) is 2. The van der Waals surface area contributed by atoms with Crippen molar-refractivity contribution in [1.29, 1.82) is 10.5 Å². The number of halogens is 2. The van der Waals surface area contributed by atoms with Crippen LogP contribution in [0.3, 0.4) is 0 Å². The molecule has 0 atom stereocenters. The van der Waals surface area contributed by atoms with E-state index in [1.165, 1.54) is 52.0 Å². The summed E-state index contributed by atoms with van der Waals surface area (Å²) >= 11 is 9.19. The SMILES string of the molecule is CC(C)(Cc1ccc(Cl)cc1[N+](=O)[O-])C(=O)C(C#N)=[C](O)[Mg][C](O)=C(C#N)C(=O)C(C)(C)Cc1ccc(Cl)cc1[N+](=O)[O-]. The Morgan fingerprint density at radius 2 is 1.12 bits per heavy atom. The number of benzene rings is 2. The van der Waals surface area contributed by atoms with Crippen molar-refractivity contribution in [3.8, 4) is 12.1 Å². The lowest BCUT2D eigenvalue weighted by Gasteiger charge is -2.24. The quantitative estimate of drug-likeness (QED) is 0.0683. The second-order valence-electron chi connectivity index (χ2n) is 10.9. The summed E-state index contributed by atoms with van der Waals surface area (Å²) in [6.45, 7) is 5.66. The van der Waals surface area contributed by atoms with Crippen LogP contribution in [0.1, 0.15) is 38.8 Å². The van der Waals surface area contributed by atoms with Crippen molar-refractivity contribution >= 4 is 66.5 Å². The highest BCUT2D eigenvalue weighted by Crippen LogP contribution is 2.34. The van der Waals surface area contributed by atoms with Crippen molar-refractivity contribution in [3.05, 3.63) is 96.7 Å². The zero-order valence-corrected chi connectivity index (χ0v) is 26.4. The number of aliphatic hydroxyl groups excluding tert-OH is 2. The fraction of sp³-hybridized carbons (Fsp3) is 0.286. The number of nitro benzene ring substituents is 2. The van der Waals surface area contributed by atoms with Crippen molar-refractivity contribution in [3.63, 3.8) is 0 Å². The molecule has 0 bridgehead atoms. The maximum absolute atomic E-state index is 13.3. The average Bonchev–Trinajstić information content (AvgIpc) is 2.90. The molecule has 0 radical (unpaired) electrons. The van der Waals surface area contributed by atoms with E-state index in [2.05, 4.69) is 0 Å². The maximum atomic E-state index is 13.3. The molecule has 0 saturated carbocycles. The summed E-state index contributed by atoms with van der Waals surface area (Å²) < 4.78 is -1.59. The minimum absolute atomic E-state index is 0.112. The smallest absolute Gasteiger partial charge is 0.542 e. The van der Waals surface area contributed by atoms with Gasteiger partial charge in [0, 0.05) is 44.1 Å². The van der Waals surface area contributed by atoms with Crippen LogP contribution in [-0.4, -0.2) is 52.0 Å². The Labute approximate surface area is 265 Å². The summed E-state index contributed by atoms with van der Waals surface area (Å²) in [6.07, 6.45) is -0.401. The molecule has 0 unspecified atom stereocenters. The number of nitrogens with zero attached hydrogens (tertiary/aromatic N) is 4.